The minimum Gasteiger partial charge on any atom is -0.497 e. The van der Waals surface area contributed by atoms with E-state index in [0.717, 1.165) is 28.1 Å². The Labute approximate surface area is 214 Å². The summed E-state index contributed by atoms with van der Waals surface area (Å²) in [6.45, 7) is 4.30. The summed E-state index contributed by atoms with van der Waals surface area (Å²) in [6.07, 6.45) is 0.0512. The van der Waals surface area contributed by atoms with Crippen molar-refractivity contribution >= 4 is 51.7 Å². The molecule has 1 aliphatic heterocycles. The number of hydrogen-bond donors (Lipinski definition) is 1. The van der Waals surface area contributed by atoms with Gasteiger partial charge in [0.2, 0.25) is 11.8 Å². The molecule has 3 aromatic rings. The van der Waals surface area contributed by atoms with Gasteiger partial charge in [-0.15, -0.1) is 0 Å². The number of methoxy groups -OCH3 is 1. The van der Waals surface area contributed by atoms with E-state index in [9.17, 15) is 9.59 Å². The van der Waals surface area contributed by atoms with E-state index in [1.165, 1.54) is 11.8 Å². The lowest BCUT2D eigenvalue weighted by molar-refractivity contribution is -0.128. The molecule has 6 nitrogen and oxygen atoms in total. The molecule has 0 aromatic heterocycles. The molecule has 0 bridgehead atoms. The molecule has 0 unspecified atom stereocenters. The standard InChI is InChI=1S/C27H26ClN3O3S/c1-17-4-13-23(18(2)14-17)30-25(32)15-24-26(33)31(16-19-5-11-22(34-3)12-6-19)27(35-24)29-21-9-7-20(28)8-10-21/h4-14,24H,15-16H2,1-3H3,(H,30,32)/t24-/m0/s1. The van der Waals surface area contributed by atoms with Crippen LogP contribution in [0.5, 0.6) is 5.75 Å². The maximum atomic E-state index is 13.4. The Kier molecular flexibility index (Phi) is 7.78. The average Bonchev–Trinajstić information content (AvgIpc) is 3.11. The van der Waals surface area contributed by atoms with Gasteiger partial charge in [-0.25, -0.2) is 4.99 Å². The fourth-order valence-electron chi connectivity index (χ4n) is 3.73. The second-order valence-corrected chi connectivity index (χ2v) is 9.93. The lowest BCUT2D eigenvalue weighted by Gasteiger charge is -2.17. The molecule has 35 heavy (non-hydrogen) atoms. The second-order valence-electron chi connectivity index (χ2n) is 8.32. The fraction of sp³-hybridized carbons (Fsp3) is 0.222. The van der Waals surface area contributed by atoms with Gasteiger partial charge in [0, 0.05) is 17.1 Å². The van der Waals surface area contributed by atoms with Crippen molar-refractivity contribution in [2.45, 2.75) is 32.1 Å². The first kappa shape index (κ1) is 24.8. The van der Waals surface area contributed by atoms with Crippen molar-refractivity contribution in [2.75, 3.05) is 12.4 Å². The number of halogens is 1. The summed E-state index contributed by atoms with van der Waals surface area (Å²) in [5.41, 5.74) is 4.48. The van der Waals surface area contributed by atoms with Crippen molar-refractivity contribution in [1.82, 2.24) is 4.90 Å². The maximum absolute atomic E-state index is 13.4. The number of nitrogens with zero attached hydrogens (tertiary/aromatic N) is 2. The van der Waals surface area contributed by atoms with Gasteiger partial charge in [0.25, 0.3) is 0 Å². The number of benzene rings is 3. The first-order valence-corrected chi connectivity index (χ1v) is 12.4. The molecule has 0 spiro atoms. The number of ether oxygens (including phenoxy) is 1. The third kappa shape index (κ3) is 6.24. The molecule has 1 heterocycles. The third-order valence-electron chi connectivity index (χ3n) is 5.60. The first-order valence-electron chi connectivity index (χ1n) is 11.1. The van der Waals surface area contributed by atoms with Crippen molar-refractivity contribution in [1.29, 1.82) is 0 Å². The molecule has 1 atom stereocenters. The summed E-state index contributed by atoms with van der Waals surface area (Å²) >= 11 is 7.31. The van der Waals surface area contributed by atoms with E-state index < -0.39 is 5.25 Å². The Morgan fingerprint density at radius 1 is 1.09 bits per heavy atom. The van der Waals surface area contributed by atoms with E-state index in [0.29, 0.717) is 22.4 Å². The zero-order valence-electron chi connectivity index (χ0n) is 19.7. The predicted molar refractivity (Wildman–Crippen MR) is 143 cm³/mol. The Bertz CT molecular complexity index is 1260. The molecule has 180 valence electrons. The van der Waals surface area contributed by atoms with Crippen LogP contribution in [0.1, 0.15) is 23.1 Å². The Morgan fingerprint density at radius 3 is 2.46 bits per heavy atom. The highest BCUT2D eigenvalue weighted by atomic mass is 35.5. The average molecular weight is 508 g/mol. The summed E-state index contributed by atoms with van der Waals surface area (Å²) in [7, 11) is 1.61. The summed E-state index contributed by atoms with van der Waals surface area (Å²) in [6, 6.07) is 20.5. The van der Waals surface area contributed by atoms with E-state index in [-0.39, 0.29) is 18.2 Å². The normalized spacial score (nSPS) is 16.6. The number of carbonyl (C=O) groups excluding carboxylic acids is 2. The lowest BCUT2D eigenvalue weighted by Crippen LogP contribution is -2.33. The van der Waals surface area contributed by atoms with E-state index >= 15 is 0 Å². The first-order chi connectivity index (χ1) is 16.8. The SMILES string of the molecule is COc1ccc(CN2C(=O)[C@H](CC(=O)Nc3ccc(C)cc3C)SC2=Nc2ccc(Cl)cc2)cc1. The number of amides is 2. The summed E-state index contributed by atoms with van der Waals surface area (Å²) in [5.74, 6) is 0.390. The van der Waals surface area contributed by atoms with Crippen LogP contribution < -0.4 is 10.1 Å². The van der Waals surface area contributed by atoms with Gasteiger partial charge in [-0.05, 0) is 67.4 Å². The van der Waals surface area contributed by atoms with Crippen LogP contribution in [0.3, 0.4) is 0 Å². The minimum absolute atomic E-state index is 0.0512. The fourth-order valence-corrected chi connectivity index (χ4v) is 5.02. The smallest absolute Gasteiger partial charge is 0.242 e. The molecule has 3 aromatic carbocycles. The number of aryl methyl sites for hydroxylation is 2. The van der Waals surface area contributed by atoms with Crippen molar-refractivity contribution in [3.8, 4) is 5.75 Å². The monoisotopic (exact) mass is 507 g/mol. The molecule has 8 heteroatoms. The molecule has 4 rings (SSSR count). The van der Waals surface area contributed by atoms with Gasteiger partial charge in [-0.1, -0.05) is 53.2 Å². The Hall–Kier alpha value is -3.29. The van der Waals surface area contributed by atoms with Gasteiger partial charge in [0.15, 0.2) is 5.17 Å². The Morgan fingerprint density at radius 2 is 1.80 bits per heavy atom. The Balaban J connectivity index is 1.54. The van der Waals surface area contributed by atoms with Gasteiger partial charge < -0.3 is 10.1 Å². The number of amidine groups is 1. The zero-order valence-corrected chi connectivity index (χ0v) is 21.3. The molecule has 1 saturated heterocycles. The van der Waals surface area contributed by atoms with E-state index in [1.54, 1.807) is 36.3 Å². The number of carbonyl (C=O) groups is 2. The second kappa shape index (κ2) is 11.0. The van der Waals surface area contributed by atoms with Gasteiger partial charge in [-0.2, -0.15) is 0 Å². The molecular weight excluding hydrogens is 482 g/mol. The van der Waals surface area contributed by atoms with E-state index in [4.69, 9.17) is 21.3 Å². The van der Waals surface area contributed by atoms with Crippen LogP contribution in [0, 0.1) is 13.8 Å². The van der Waals surface area contributed by atoms with Crippen molar-refractivity contribution in [2.24, 2.45) is 4.99 Å². The molecule has 0 aliphatic carbocycles. The number of rotatable bonds is 7. The molecule has 1 aliphatic rings. The zero-order chi connectivity index (χ0) is 24.9. The third-order valence-corrected chi connectivity index (χ3v) is 7.03. The number of anilines is 1. The molecule has 2 amide bonds. The predicted octanol–water partition coefficient (Wildman–Crippen LogP) is 6.13. The molecule has 1 N–H and O–H groups in total. The summed E-state index contributed by atoms with van der Waals surface area (Å²) in [5, 5.41) is 3.54. The summed E-state index contributed by atoms with van der Waals surface area (Å²) in [4.78, 5) is 32.5. The highest BCUT2D eigenvalue weighted by molar-refractivity contribution is 8.15. The number of hydrogen-bond acceptors (Lipinski definition) is 5. The molecule has 1 fully saturated rings. The van der Waals surface area contributed by atoms with Crippen LogP contribution in [-0.2, 0) is 16.1 Å². The van der Waals surface area contributed by atoms with Crippen molar-refractivity contribution in [3.05, 3.63) is 88.4 Å². The number of aliphatic imine (C=N–C) groups is 1. The van der Waals surface area contributed by atoms with E-state index in [1.807, 2.05) is 56.3 Å². The molecule has 0 radical (unpaired) electrons. The number of thioether (sulfide) groups is 1. The number of nitrogens with one attached hydrogen (secondary N) is 1. The van der Waals surface area contributed by atoms with Crippen molar-refractivity contribution < 1.29 is 14.3 Å². The van der Waals surface area contributed by atoms with Crippen molar-refractivity contribution in [3.63, 3.8) is 0 Å². The van der Waals surface area contributed by atoms with Gasteiger partial charge >= 0.3 is 0 Å². The van der Waals surface area contributed by atoms with Gasteiger partial charge in [0.05, 0.1) is 19.3 Å². The van der Waals surface area contributed by atoms with Crippen LogP contribution in [0.25, 0.3) is 0 Å². The van der Waals surface area contributed by atoms with Crippen LogP contribution in [0.4, 0.5) is 11.4 Å². The molecule has 0 saturated carbocycles. The van der Waals surface area contributed by atoms with Gasteiger partial charge in [0.1, 0.15) is 11.0 Å². The van der Waals surface area contributed by atoms with Crippen LogP contribution in [-0.4, -0.2) is 34.2 Å². The highest BCUT2D eigenvalue weighted by Gasteiger charge is 2.39. The summed E-state index contributed by atoms with van der Waals surface area (Å²) < 4.78 is 5.23. The quantitative estimate of drug-likeness (QED) is 0.418. The topological polar surface area (TPSA) is 71.0 Å². The molecular formula is C27H26ClN3O3S. The lowest BCUT2D eigenvalue weighted by atomic mass is 10.1. The van der Waals surface area contributed by atoms with Crippen LogP contribution in [0.15, 0.2) is 71.7 Å². The van der Waals surface area contributed by atoms with Crippen LogP contribution in [0.2, 0.25) is 5.02 Å². The maximum Gasteiger partial charge on any atom is 0.242 e. The van der Waals surface area contributed by atoms with Gasteiger partial charge in [-0.3, -0.25) is 14.5 Å². The largest absolute Gasteiger partial charge is 0.497 e. The van der Waals surface area contributed by atoms with E-state index in [2.05, 4.69) is 5.32 Å². The minimum atomic E-state index is -0.565. The highest BCUT2D eigenvalue weighted by Crippen LogP contribution is 2.33. The van der Waals surface area contributed by atoms with Crippen LogP contribution >= 0.6 is 23.4 Å².